The SMILES string of the molecule is O=C(NCc1ccc2c(c1)OCO2)C(=O)c1cn(CC(=O)N2CCCC2)c2ccccc12. The number of para-hydroxylation sites is 1. The van der Waals surface area contributed by atoms with E-state index < -0.39 is 11.7 Å². The van der Waals surface area contributed by atoms with Gasteiger partial charge in [-0.2, -0.15) is 0 Å². The number of nitrogens with zero attached hydrogens (tertiary/aromatic N) is 2. The second-order valence-electron chi connectivity index (χ2n) is 7.98. The second-order valence-corrected chi connectivity index (χ2v) is 7.98. The highest BCUT2D eigenvalue weighted by molar-refractivity contribution is 6.45. The number of rotatable bonds is 6. The fourth-order valence-corrected chi connectivity index (χ4v) is 4.21. The smallest absolute Gasteiger partial charge is 0.292 e. The van der Waals surface area contributed by atoms with E-state index in [-0.39, 0.29) is 31.4 Å². The summed E-state index contributed by atoms with van der Waals surface area (Å²) in [6, 6.07) is 12.7. The zero-order valence-corrected chi connectivity index (χ0v) is 17.5. The lowest BCUT2D eigenvalue weighted by Gasteiger charge is -2.15. The normalized spacial score (nSPS) is 14.7. The first-order chi connectivity index (χ1) is 15.6. The molecule has 2 aliphatic rings. The first-order valence-corrected chi connectivity index (χ1v) is 10.7. The van der Waals surface area contributed by atoms with Crippen molar-refractivity contribution < 1.29 is 23.9 Å². The molecule has 0 saturated carbocycles. The maximum Gasteiger partial charge on any atom is 0.292 e. The van der Waals surface area contributed by atoms with E-state index in [1.165, 1.54) is 0 Å². The number of nitrogens with one attached hydrogen (secondary N) is 1. The zero-order chi connectivity index (χ0) is 22.1. The van der Waals surface area contributed by atoms with Crippen molar-refractivity contribution in [3.63, 3.8) is 0 Å². The van der Waals surface area contributed by atoms with Crippen LogP contribution in [0.5, 0.6) is 11.5 Å². The summed E-state index contributed by atoms with van der Waals surface area (Å²) in [7, 11) is 0. The number of amides is 2. The van der Waals surface area contributed by atoms with E-state index in [9.17, 15) is 14.4 Å². The van der Waals surface area contributed by atoms with E-state index in [0.717, 1.165) is 37.0 Å². The predicted octanol–water partition coefficient (Wildman–Crippen LogP) is 2.49. The molecule has 1 aromatic heterocycles. The molecule has 0 unspecified atom stereocenters. The summed E-state index contributed by atoms with van der Waals surface area (Å²) in [4.78, 5) is 40.1. The fraction of sp³-hybridized carbons (Fsp3) is 0.292. The van der Waals surface area contributed by atoms with Crippen molar-refractivity contribution >= 4 is 28.5 Å². The quantitative estimate of drug-likeness (QED) is 0.477. The van der Waals surface area contributed by atoms with Crippen molar-refractivity contribution in [2.24, 2.45) is 0 Å². The van der Waals surface area contributed by atoms with Crippen LogP contribution in [0.3, 0.4) is 0 Å². The molecule has 5 rings (SSSR count). The van der Waals surface area contributed by atoms with Gasteiger partial charge >= 0.3 is 0 Å². The number of carbonyl (C=O) groups excluding carboxylic acids is 3. The number of aromatic nitrogens is 1. The van der Waals surface area contributed by atoms with Crippen LogP contribution in [-0.2, 0) is 22.7 Å². The third-order valence-electron chi connectivity index (χ3n) is 5.89. The van der Waals surface area contributed by atoms with Gasteiger partial charge < -0.3 is 24.3 Å². The van der Waals surface area contributed by atoms with E-state index in [1.54, 1.807) is 29.0 Å². The fourth-order valence-electron chi connectivity index (χ4n) is 4.21. The van der Waals surface area contributed by atoms with Gasteiger partial charge in [-0.1, -0.05) is 24.3 Å². The summed E-state index contributed by atoms with van der Waals surface area (Å²) in [5.74, 6) is -0.0264. The third-order valence-corrected chi connectivity index (χ3v) is 5.89. The molecule has 32 heavy (non-hydrogen) atoms. The Bertz CT molecular complexity index is 1210. The van der Waals surface area contributed by atoms with Crippen molar-refractivity contribution in [2.45, 2.75) is 25.9 Å². The molecule has 1 saturated heterocycles. The molecule has 0 aliphatic carbocycles. The number of ketones is 1. The Morgan fingerprint density at radius 2 is 1.75 bits per heavy atom. The molecule has 2 aromatic carbocycles. The minimum absolute atomic E-state index is 0.0227. The lowest BCUT2D eigenvalue weighted by Crippen LogP contribution is -2.31. The van der Waals surface area contributed by atoms with Crippen LogP contribution >= 0.6 is 0 Å². The van der Waals surface area contributed by atoms with Gasteiger partial charge in [0.2, 0.25) is 12.7 Å². The van der Waals surface area contributed by atoms with Crippen molar-refractivity contribution in [2.75, 3.05) is 19.9 Å². The number of likely N-dealkylation sites (tertiary alicyclic amines) is 1. The van der Waals surface area contributed by atoms with Crippen LogP contribution in [0.2, 0.25) is 0 Å². The summed E-state index contributed by atoms with van der Waals surface area (Å²) in [6.45, 7) is 2.05. The van der Waals surface area contributed by atoms with Crippen LogP contribution in [0.4, 0.5) is 0 Å². The molecule has 0 bridgehead atoms. The summed E-state index contributed by atoms with van der Waals surface area (Å²) >= 11 is 0. The standard InChI is InChI=1S/C24H23N3O5/c28-22(26-9-3-4-10-26)14-27-13-18(17-5-1-2-6-19(17)27)23(29)24(30)25-12-16-7-8-20-21(11-16)32-15-31-20/h1-2,5-8,11,13H,3-4,9-10,12,14-15H2,(H,25,30). The summed E-state index contributed by atoms with van der Waals surface area (Å²) in [5.41, 5.74) is 1.85. The van der Waals surface area contributed by atoms with Gasteiger partial charge in [0.15, 0.2) is 11.5 Å². The summed E-state index contributed by atoms with van der Waals surface area (Å²) in [6.07, 6.45) is 3.65. The van der Waals surface area contributed by atoms with Gasteiger partial charge in [0.25, 0.3) is 11.7 Å². The number of Topliss-reactive ketones (excluding diaryl/α,β-unsaturated/α-hetero) is 1. The minimum Gasteiger partial charge on any atom is -0.454 e. The highest BCUT2D eigenvalue weighted by Gasteiger charge is 2.24. The van der Waals surface area contributed by atoms with Gasteiger partial charge in [-0.15, -0.1) is 0 Å². The van der Waals surface area contributed by atoms with Crippen LogP contribution in [0.25, 0.3) is 10.9 Å². The molecule has 2 aliphatic heterocycles. The van der Waals surface area contributed by atoms with Crippen LogP contribution in [0.15, 0.2) is 48.7 Å². The number of fused-ring (bicyclic) bond motifs is 2. The Kier molecular flexibility index (Phi) is 5.26. The highest BCUT2D eigenvalue weighted by Crippen LogP contribution is 2.32. The Morgan fingerprint density at radius 1 is 0.969 bits per heavy atom. The van der Waals surface area contributed by atoms with E-state index >= 15 is 0 Å². The molecule has 0 atom stereocenters. The van der Waals surface area contributed by atoms with Crippen molar-refractivity contribution in [3.8, 4) is 11.5 Å². The summed E-state index contributed by atoms with van der Waals surface area (Å²) < 4.78 is 12.4. The second kappa shape index (κ2) is 8.37. The zero-order valence-electron chi connectivity index (χ0n) is 17.5. The highest BCUT2D eigenvalue weighted by atomic mass is 16.7. The molecule has 0 spiro atoms. The van der Waals surface area contributed by atoms with E-state index in [2.05, 4.69) is 5.32 Å². The van der Waals surface area contributed by atoms with Crippen LogP contribution in [-0.4, -0.2) is 46.9 Å². The predicted molar refractivity (Wildman–Crippen MR) is 116 cm³/mol. The Hall–Kier alpha value is -3.81. The van der Waals surface area contributed by atoms with Gasteiger partial charge in [-0.05, 0) is 36.6 Å². The molecule has 8 heteroatoms. The average molecular weight is 433 g/mol. The average Bonchev–Trinajstić information content (AvgIpc) is 3.57. The molecule has 164 valence electrons. The van der Waals surface area contributed by atoms with Gasteiger partial charge in [0.05, 0.1) is 5.56 Å². The number of benzene rings is 2. The van der Waals surface area contributed by atoms with Gasteiger partial charge in [-0.3, -0.25) is 14.4 Å². The number of ether oxygens (including phenoxy) is 2. The maximum atomic E-state index is 13.0. The lowest BCUT2D eigenvalue weighted by atomic mass is 10.1. The molecular weight excluding hydrogens is 410 g/mol. The molecular formula is C24H23N3O5. The van der Waals surface area contributed by atoms with Gasteiger partial charge in [-0.25, -0.2) is 0 Å². The monoisotopic (exact) mass is 433 g/mol. The van der Waals surface area contributed by atoms with Crippen molar-refractivity contribution in [1.29, 1.82) is 0 Å². The van der Waals surface area contributed by atoms with Crippen LogP contribution in [0.1, 0.15) is 28.8 Å². The van der Waals surface area contributed by atoms with E-state index in [0.29, 0.717) is 16.9 Å². The topological polar surface area (TPSA) is 89.9 Å². The largest absolute Gasteiger partial charge is 0.454 e. The minimum atomic E-state index is -0.698. The number of carbonyl (C=O) groups is 3. The maximum absolute atomic E-state index is 13.0. The molecule has 3 heterocycles. The summed E-state index contributed by atoms with van der Waals surface area (Å²) in [5, 5.41) is 3.34. The molecule has 1 N–H and O–H groups in total. The van der Waals surface area contributed by atoms with Crippen molar-refractivity contribution in [3.05, 3.63) is 59.8 Å². The van der Waals surface area contributed by atoms with Crippen molar-refractivity contribution in [1.82, 2.24) is 14.8 Å². The Morgan fingerprint density at radius 3 is 2.59 bits per heavy atom. The van der Waals surface area contributed by atoms with Crippen LogP contribution in [0, 0.1) is 0 Å². The third kappa shape index (κ3) is 3.79. The molecule has 0 radical (unpaired) electrons. The number of hydrogen-bond acceptors (Lipinski definition) is 5. The van der Waals surface area contributed by atoms with E-state index in [4.69, 9.17) is 9.47 Å². The Balaban J connectivity index is 1.32. The van der Waals surface area contributed by atoms with Gasteiger partial charge in [0.1, 0.15) is 6.54 Å². The lowest BCUT2D eigenvalue weighted by molar-refractivity contribution is -0.130. The molecule has 8 nitrogen and oxygen atoms in total. The molecule has 3 aromatic rings. The van der Waals surface area contributed by atoms with Crippen LogP contribution < -0.4 is 14.8 Å². The van der Waals surface area contributed by atoms with Gasteiger partial charge in [0, 0.05) is 36.7 Å². The van der Waals surface area contributed by atoms with E-state index in [1.807, 2.05) is 29.2 Å². The first kappa shape index (κ1) is 20.1. The molecule has 1 fully saturated rings. The molecule has 2 amide bonds. The first-order valence-electron chi connectivity index (χ1n) is 10.7. The Labute approximate surface area is 184 Å². The number of hydrogen-bond donors (Lipinski definition) is 1.